The monoisotopic (exact) mass is 653 g/mol. The van der Waals surface area contributed by atoms with Gasteiger partial charge in [-0.3, -0.25) is 4.79 Å². The molecular weight excluding hydrogens is 619 g/mol. The maximum absolute atomic E-state index is 12.9. The van der Waals surface area contributed by atoms with Gasteiger partial charge in [-0.1, -0.05) is 18.2 Å². The Hall–Kier alpha value is -5.21. The van der Waals surface area contributed by atoms with Crippen molar-refractivity contribution in [3.63, 3.8) is 0 Å². The molecule has 6 rings (SSSR count). The van der Waals surface area contributed by atoms with E-state index in [1.165, 1.54) is 12.8 Å². The fourth-order valence-electron chi connectivity index (χ4n) is 4.89. The number of rotatable bonds is 10. The number of H-pyrrole nitrogens is 1. The lowest BCUT2D eigenvalue weighted by Gasteiger charge is -2.32. The molecule has 1 saturated carbocycles. The maximum Gasteiger partial charge on any atom is 0.490 e. The van der Waals surface area contributed by atoms with Gasteiger partial charge in [-0.15, -0.1) is 0 Å². The number of aromatic amines is 1. The molecule has 2 aromatic heterocycles. The van der Waals surface area contributed by atoms with Crippen molar-refractivity contribution >= 4 is 17.8 Å². The number of hydrogen-bond donors (Lipinski definition) is 3. The largest absolute Gasteiger partial charge is 0.497 e. The molecule has 1 aliphatic carbocycles. The number of anilines is 1. The van der Waals surface area contributed by atoms with E-state index in [1.54, 1.807) is 38.0 Å². The Balaban J connectivity index is 0.000000559. The molecule has 3 N–H and O–H groups in total. The van der Waals surface area contributed by atoms with E-state index in [2.05, 4.69) is 30.2 Å². The zero-order valence-corrected chi connectivity index (χ0v) is 25.5. The third-order valence-corrected chi connectivity index (χ3v) is 7.70. The topological polar surface area (TPSA) is 155 Å². The third-order valence-electron chi connectivity index (χ3n) is 7.70. The van der Waals surface area contributed by atoms with Gasteiger partial charge in [0.2, 0.25) is 5.95 Å². The smallest absolute Gasteiger partial charge is 0.490 e. The summed E-state index contributed by atoms with van der Waals surface area (Å²) in [4.78, 5) is 45.1. The van der Waals surface area contributed by atoms with E-state index in [9.17, 15) is 18.0 Å². The van der Waals surface area contributed by atoms with Crippen molar-refractivity contribution in [1.82, 2.24) is 30.2 Å². The molecule has 15 heteroatoms. The lowest BCUT2D eigenvalue weighted by molar-refractivity contribution is -0.192. The number of piperidine rings is 1. The second-order valence-corrected chi connectivity index (χ2v) is 11.2. The van der Waals surface area contributed by atoms with Crippen molar-refractivity contribution in [3.05, 3.63) is 66.7 Å². The predicted octanol–water partition coefficient (Wildman–Crippen LogP) is 5.01. The van der Waals surface area contributed by atoms with Gasteiger partial charge < -0.3 is 29.8 Å². The molecule has 47 heavy (non-hydrogen) atoms. The number of nitrogens with one attached hydrogen (secondary N) is 2. The van der Waals surface area contributed by atoms with E-state index < -0.39 is 12.1 Å². The van der Waals surface area contributed by atoms with Gasteiger partial charge in [-0.05, 0) is 55.7 Å². The number of benzene rings is 2. The van der Waals surface area contributed by atoms with E-state index in [0.717, 1.165) is 42.9 Å². The fraction of sp³-hybridized carbons (Fsp3) is 0.375. The number of ether oxygens (including phenoxy) is 2. The molecule has 4 aromatic rings. The number of methoxy groups -OCH3 is 1. The number of nitrogens with zero attached hydrogens (tertiary/aromatic N) is 5. The normalized spacial score (nSPS) is 14.9. The van der Waals surface area contributed by atoms with Gasteiger partial charge >= 0.3 is 12.1 Å². The number of aliphatic carboxylic acids is 1. The van der Waals surface area contributed by atoms with E-state index in [-0.39, 0.29) is 5.91 Å². The van der Waals surface area contributed by atoms with Crippen molar-refractivity contribution in [2.24, 2.45) is 11.8 Å². The Bertz CT molecular complexity index is 1660. The first kappa shape index (κ1) is 33.2. The Labute approximate surface area is 268 Å². The number of imidazole rings is 1. The Morgan fingerprint density at radius 2 is 1.72 bits per heavy atom. The highest BCUT2D eigenvalue weighted by molar-refractivity contribution is 5.95. The standard InChI is InChI=1S/C30H33N7O3.C2HF3O2/c1-39-25-14-24(15-26(16-25)40-18-21-5-6-21)29(38)33-17-20-7-11-37(12-8-20)30-35-19-34-28(36-30)23-4-2-3-22(13-23)27-31-9-10-32-27;3-2(4,5)1(6)7/h2-4,9-10,13-16,19-21H,5-8,11-12,17-18H2,1H3,(H,31,32)(H,33,38);(H,6,7). The highest BCUT2D eigenvalue weighted by Crippen LogP contribution is 2.31. The molecule has 2 aliphatic rings. The Morgan fingerprint density at radius 1 is 1.00 bits per heavy atom. The van der Waals surface area contributed by atoms with Crippen LogP contribution in [0, 0.1) is 11.8 Å². The fourth-order valence-corrected chi connectivity index (χ4v) is 4.89. The second kappa shape index (κ2) is 14.9. The minimum absolute atomic E-state index is 0.114. The summed E-state index contributed by atoms with van der Waals surface area (Å²) in [6.07, 6.45) is 4.32. The molecule has 0 radical (unpaired) electrons. The van der Waals surface area contributed by atoms with Gasteiger partial charge in [-0.25, -0.2) is 19.7 Å². The number of carbonyl (C=O) groups is 2. The van der Waals surface area contributed by atoms with E-state index in [1.807, 2.05) is 30.3 Å². The summed E-state index contributed by atoms with van der Waals surface area (Å²) in [7, 11) is 1.60. The summed E-state index contributed by atoms with van der Waals surface area (Å²) in [5.41, 5.74) is 2.44. The quantitative estimate of drug-likeness (QED) is 0.213. The van der Waals surface area contributed by atoms with Crippen molar-refractivity contribution < 1.29 is 37.3 Å². The highest BCUT2D eigenvalue weighted by atomic mass is 19.4. The Morgan fingerprint density at radius 3 is 2.38 bits per heavy atom. The van der Waals surface area contributed by atoms with Crippen LogP contribution in [-0.2, 0) is 4.79 Å². The predicted molar refractivity (Wildman–Crippen MR) is 165 cm³/mol. The van der Waals surface area contributed by atoms with Crippen LogP contribution in [0.2, 0.25) is 0 Å². The van der Waals surface area contributed by atoms with Crippen LogP contribution in [0.4, 0.5) is 19.1 Å². The number of carbonyl (C=O) groups excluding carboxylic acids is 1. The van der Waals surface area contributed by atoms with Crippen molar-refractivity contribution in [1.29, 1.82) is 0 Å². The van der Waals surface area contributed by atoms with Gasteiger partial charge in [0.15, 0.2) is 5.82 Å². The summed E-state index contributed by atoms with van der Waals surface area (Å²) in [6.45, 7) is 2.93. The average Bonchev–Trinajstić information content (AvgIpc) is 3.76. The van der Waals surface area contributed by atoms with Crippen LogP contribution >= 0.6 is 0 Å². The van der Waals surface area contributed by atoms with Crippen LogP contribution in [0.5, 0.6) is 11.5 Å². The number of halogens is 3. The van der Waals surface area contributed by atoms with Crippen LogP contribution < -0.4 is 19.7 Å². The van der Waals surface area contributed by atoms with Crippen LogP contribution in [0.3, 0.4) is 0 Å². The van der Waals surface area contributed by atoms with Crippen LogP contribution in [-0.4, -0.2) is 81.4 Å². The number of aromatic nitrogens is 5. The van der Waals surface area contributed by atoms with Crippen LogP contribution in [0.1, 0.15) is 36.0 Å². The number of carboxylic acids is 1. The molecule has 0 bridgehead atoms. The molecule has 2 fully saturated rings. The van der Waals surface area contributed by atoms with Gasteiger partial charge in [-0.2, -0.15) is 18.2 Å². The molecule has 248 valence electrons. The zero-order chi connectivity index (χ0) is 33.4. The molecule has 3 heterocycles. The Kier molecular flexibility index (Phi) is 10.5. The molecule has 0 unspecified atom stereocenters. The van der Waals surface area contributed by atoms with Gasteiger partial charge in [0.05, 0.1) is 13.7 Å². The molecule has 1 aliphatic heterocycles. The summed E-state index contributed by atoms with van der Waals surface area (Å²) >= 11 is 0. The van der Waals surface area contributed by atoms with Crippen LogP contribution in [0.25, 0.3) is 22.8 Å². The van der Waals surface area contributed by atoms with Gasteiger partial charge in [0, 0.05) is 54.8 Å². The SMILES string of the molecule is COc1cc(OCC2CC2)cc(C(=O)NCC2CCN(c3ncnc(-c4cccc(-c5ncc[nH]5)c4)n3)CC2)c1.O=C(O)C(F)(F)F. The first-order chi connectivity index (χ1) is 22.6. The van der Waals surface area contributed by atoms with E-state index in [4.69, 9.17) is 24.4 Å². The van der Waals surface area contributed by atoms with Gasteiger partial charge in [0.25, 0.3) is 5.91 Å². The molecule has 2 aromatic carbocycles. The summed E-state index contributed by atoms with van der Waals surface area (Å²) in [6, 6.07) is 13.4. The number of carboxylic acid groups (broad SMARTS) is 1. The summed E-state index contributed by atoms with van der Waals surface area (Å²) in [5.74, 6) is 1.55. The minimum Gasteiger partial charge on any atom is -0.497 e. The highest BCUT2D eigenvalue weighted by Gasteiger charge is 2.38. The molecular formula is C32H34F3N7O5. The molecule has 0 atom stereocenters. The molecule has 1 saturated heterocycles. The van der Waals surface area contributed by atoms with Crippen molar-refractivity contribution in [3.8, 4) is 34.3 Å². The lowest BCUT2D eigenvalue weighted by atomic mass is 9.97. The lowest BCUT2D eigenvalue weighted by Crippen LogP contribution is -2.39. The summed E-state index contributed by atoms with van der Waals surface area (Å²) in [5, 5.41) is 10.2. The molecule has 0 spiro atoms. The van der Waals surface area contributed by atoms with E-state index >= 15 is 0 Å². The number of amides is 1. The second-order valence-electron chi connectivity index (χ2n) is 11.2. The first-order valence-corrected chi connectivity index (χ1v) is 15.0. The zero-order valence-electron chi connectivity index (χ0n) is 25.5. The van der Waals surface area contributed by atoms with E-state index in [0.29, 0.717) is 53.8 Å². The summed E-state index contributed by atoms with van der Waals surface area (Å²) < 4.78 is 43.0. The molecule has 1 amide bonds. The third kappa shape index (κ3) is 9.40. The molecule has 12 nitrogen and oxygen atoms in total. The first-order valence-electron chi connectivity index (χ1n) is 15.0. The average molecular weight is 654 g/mol. The van der Waals surface area contributed by atoms with Crippen LogP contribution in [0.15, 0.2) is 61.2 Å². The number of hydrogen-bond acceptors (Lipinski definition) is 9. The maximum atomic E-state index is 12.9. The van der Waals surface area contributed by atoms with Crippen molar-refractivity contribution in [2.45, 2.75) is 31.9 Å². The number of alkyl halides is 3. The van der Waals surface area contributed by atoms with Crippen molar-refractivity contribution in [2.75, 3.05) is 38.3 Å². The minimum atomic E-state index is -5.08. The van der Waals surface area contributed by atoms with Gasteiger partial charge in [0.1, 0.15) is 23.7 Å².